The van der Waals surface area contributed by atoms with E-state index in [1.54, 1.807) is 25.1 Å². The number of rotatable bonds is 10. The number of piperidine rings is 1. The van der Waals surface area contributed by atoms with Crippen molar-refractivity contribution in [1.29, 1.82) is 0 Å². The molecular weight excluding hydrogens is 492 g/mol. The largest absolute Gasteiger partial charge is 0.492 e. The van der Waals surface area contributed by atoms with Crippen molar-refractivity contribution in [2.45, 2.75) is 50.3 Å². The summed E-state index contributed by atoms with van der Waals surface area (Å²) in [5.41, 5.74) is 0.667. The van der Waals surface area contributed by atoms with Crippen LogP contribution in [-0.4, -0.2) is 91.0 Å². The van der Waals surface area contributed by atoms with E-state index in [0.717, 1.165) is 32.5 Å². The van der Waals surface area contributed by atoms with Gasteiger partial charge in [-0.15, -0.1) is 0 Å². The summed E-state index contributed by atoms with van der Waals surface area (Å²) >= 11 is 0. The van der Waals surface area contributed by atoms with Crippen LogP contribution in [0.1, 0.15) is 43.1 Å². The lowest BCUT2D eigenvalue weighted by atomic mass is 10.0. The van der Waals surface area contributed by atoms with Gasteiger partial charge in [0, 0.05) is 31.9 Å². The van der Waals surface area contributed by atoms with E-state index in [1.165, 1.54) is 13.2 Å². The number of likely N-dealkylation sites (N-methyl/N-ethyl adjacent to an activating group) is 1. The van der Waals surface area contributed by atoms with E-state index < -0.39 is 27.9 Å². The second-order valence-electron chi connectivity index (χ2n) is 8.93. The van der Waals surface area contributed by atoms with E-state index in [1.807, 2.05) is 0 Å². The van der Waals surface area contributed by atoms with Crippen molar-refractivity contribution in [3.8, 4) is 5.75 Å². The molecule has 1 aliphatic heterocycles. The molecule has 3 rings (SSSR count). The molecular formula is C23H32N4O8S. The fourth-order valence-electron chi connectivity index (χ4n) is 4.09. The average Bonchev–Trinajstić information content (AvgIpc) is 3.27. The van der Waals surface area contributed by atoms with Crippen molar-refractivity contribution in [1.82, 2.24) is 19.9 Å². The molecule has 0 radical (unpaired) electrons. The van der Waals surface area contributed by atoms with Gasteiger partial charge in [0.2, 0.25) is 11.7 Å². The Morgan fingerprint density at radius 3 is 2.61 bits per heavy atom. The minimum Gasteiger partial charge on any atom is -0.492 e. The zero-order chi connectivity index (χ0) is 26.5. The minimum absolute atomic E-state index is 0.121. The molecule has 1 atom stereocenters. The van der Waals surface area contributed by atoms with Crippen LogP contribution in [0.3, 0.4) is 0 Å². The number of ether oxygens (including phenoxy) is 2. The third-order valence-corrected chi connectivity index (χ3v) is 7.36. The number of carbonyl (C=O) groups excluding carboxylic acids is 1. The quantitative estimate of drug-likeness (QED) is 0.353. The predicted octanol–water partition coefficient (Wildman–Crippen LogP) is 1.45. The van der Waals surface area contributed by atoms with Gasteiger partial charge in [-0.25, -0.2) is 18.0 Å². The number of carboxylic acid groups (broad SMARTS) is 1. The maximum Gasteiger partial charge on any atom is 0.418 e. The van der Waals surface area contributed by atoms with E-state index in [0.29, 0.717) is 41.3 Å². The summed E-state index contributed by atoms with van der Waals surface area (Å²) in [5.74, 6) is -1.90. The lowest BCUT2D eigenvalue weighted by Gasteiger charge is -2.36. The Kier molecular flexibility index (Phi) is 9.03. The van der Waals surface area contributed by atoms with Gasteiger partial charge in [0.25, 0.3) is 0 Å². The number of likely N-dealkylation sites (tertiary alicyclic amines) is 1. The molecule has 1 aliphatic rings. The highest BCUT2D eigenvalue weighted by Crippen LogP contribution is 2.22. The first-order chi connectivity index (χ1) is 16.9. The molecule has 0 bridgehead atoms. The van der Waals surface area contributed by atoms with Gasteiger partial charge in [0.1, 0.15) is 12.4 Å². The van der Waals surface area contributed by atoms with Gasteiger partial charge in [-0.1, -0.05) is 5.16 Å². The number of carbonyl (C=O) groups is 2. The van der Waals surface area contributed by atoms with E-state index in [4.69, 9.17) is 19.1 Å². The molecule has 1 aromatic carbocycles. The van der Waals surface area contributed by atoms with Crippen molar-refractivity contribution >= 4 is 21.8 Å². The average molecular weight is 525 g/mol. The Morgan fingerprint density at radius 2 is 2.00 bits per heavy atom. The molecule has 2 heterocycles. The molecule has 13 heteroatoms. The van der Waals surface area contributed by atoms with Crippen molar-refractivity contribution < 1.29 is 37.1 Å². The molecule has 2 aromatic rings. The first-order valence-electron chi connectivity index (χ1n) is 11.6. The number of hydrogen-bond acceptors (Lipinski definition) is 11. The zero-order valence-corrected chi connectivity index (χ0v) is 21.7. The molecule has 1 aromatic heterocycles. The van der Waals surface area contributed by atoms with Gasteiger partial charge < -0.3 is 19.1 Å². The standard InChI is InChI=1S/C23H32N4O8S/c1-15-13-18(5-6-19(15)36(4,31)32)33-12-11-26(3)17-7-9-27(10-8-17)14-20-24-21(25-35-20)16(2)34-23(30)22(28)29/h5-6,13,16-17H,7-12,14H2,1-4H3,(H,28,29). The summed E-state index contributed by atoms with van der Waals surface area (Å²) < 4.78 is 39.3. The Bertz CT molecular complexity index is 1170. The summed E-state index contributed by atoms with van der Waals surface area (Å²) in [5, 5.41) is 12.4. The Balaban J connectivity index is 1.40. The van der Waals surface area contributed by atoms with Gasteiger partial charge in [-0.3, -0.25) is 9.80 Å². The number of benzene rings is 1. The van der Waals surface area contributed by atoms with Crippen LogP contribution in [0.4, 0.5) is 0 Å². The normalized spacial score (nSPS) is 16.1. The molecule has 1 saturated heterocycles. The summed E-state index contributed by atoms with van der Waals surface area (Å²) in [6.45, 7) is 6.59. The fourth-order valence-corrected chi connectivity index (χ4v) is 5.05. The Labute approximate surface area is 210 Å². The number of esters is 1. The zero-order valence-electron chi connectivity index (χ0n) is 20.8. The van der Waals surface area contributed by atoms with Gasteiger partial charge >= 0.3 is 11.9 Å². The fraction of sp³-hybridized carbons (Fsp3) is 0.565. The van der Waals surface area contributed by atoms with Crippen LogP contribution in [0, 0.1) is 6.92 Å². The van der Waals surface area contributed by atoms with Gasteiger partial charge in [-0.2, -0.15) is 4.98 Å². The number of carboxylic acids is 1. The van der Waals surface area contributed by atoms with Crippen LogP contribution in [0.25, 0.3) is 0 Å². The number of aromatic nitrogens is 2. The second-order valence-corrected chi connectivity index (χ2v) is 10.9. The van der Waals surface area contributed by atoms with Crippen LogP contribution in [0.2, 0.25) is 0 Å². The SMILES string of the molecule is Cc1cc(OCCN(C)C2CCN(Cc3nc(C(C)OC(=O)C(=O)O)no3)CC2)ccc1S(C)(=O)=O. The van der Waals surface area contributed by atoms with Crippen LogP contribution in [0.15, 0.2) is 27.6 Å². The lowest BCUT2D eigenvalue weighted by molar-refractivity contribution is -0.167. The smallest absolute Gasteiger partial charge is 0.418 e. The molecule has 36 heavy (non-hydrogen) atoms. The van der Waals surface area contributed by atoms with Crippen LogP contribution < -0.4 is 4.74 Å². The van der Waals surface area contributed by atoms with Crippen molar-refractivity contribution in [3.63, 3.8) is 0 Å². The van der Waals surface area contributed by atoms with Crippen LogP contribution in [0.5, 0.6) is 5.75 Å². The van der Waals surface area contributed by atoms with Gasteiger partial charge in [0.15, 0.2) is 15.9 Å². The highest BCUT2D eigenvalue weighted by molar-refractivity contribution is 7.90. The lowest BCUT2D eigenvalue weighted by Crippen LogP contribution is -2.44. The number of sulfone groups is 1. The predicted molar refractivity (Wildman–Crippen MR) is 127 cm³/mol. The molecule has 198 valence electrons. The summed E-state index contributed by atoms with van der Waals surface area (Å²) in [6.07, 6.45) is 2.17. The monoisotopic (exact) mass is 524 g/mol. The molecule has 0 amide bonds. The minimum atomic E-state index is -3.25. The third kappa shape index (κ3) is 7.48. The Hall–Kier alpha value is -3.03. The third-order valence-electron chi connectivity index (χ3n) is 6.10. The molecule has 0 aliphatic carbocycles. The maximum atomic E-state index is 11.8. The summed E-state index contributed by atoms with van der Waals surface area (Å²) in [7, 11) is -1.19. The van der Waals surface area contributed by atoms with Crippen molar-refractivity contribution in [3.05, 3.63) is 35.5 Å². The molecule has 1 fully saturated rings. The number of hydrogen-bond donors (Lipinski definition) is 1. The number of aliphatic carboxylic acids is 1. The number of nitrogens with zero attached hydrogens (tertiary/aromatic N) is 4. The Morgan fingerprint density at radius 1 is 1.31 bits per heavy atom. The van der Waals surface area contributed by atoms with E-state index in [-0.39, 0.29) is 5.82 Å². The molecule has 12 nitrogen and oxygen atoms in total. The van der Waals surface area contributed by atoms with E-state index in [2.05, 4.69) is 27.0 Å². The topological polar surface area (TPSA) is 152 Å². The highest BCUT2D eigenvalue weighted by atomic mass is 32.2. The first-order valence-corrected chi connectivity index (χ1v) is 13.5. The maximum absolute atomic E-state index is 11.8. The number of aryl methyl sites for hydroxylation is 1. The highest BCUT2D eigenvalue weighted by Gasteiger charge is 2.25. The second kappa shape index (κ2) is 11.8. The first kappa shape index (κ1) is 27.6. The van der Waals surface area contributed by atoms with Gasteiger partial charge in [-0.05, 0) is 57.5 Å². The van der Waals surface area contributed by atoms with E-state index in [9.17, 15) is 18.0 Å². The molecule has 0 saturated carbocycles. The molecule has 0 spiro atoms. The van der Waals surface area contributed by atoms with Gasteiger partial charge in [0.05, 0.1) is 11.4 Å². The molecule has 1 N–H and O–H groups in total. The molecule has 1 unspecified atom stereocenters. The van der Waals surface area contributed by atoms with Crippen molar-refractivity contribution in [2.24, 2.45) is 0 Å². The van der Waals surface area contributed by atoms with Crippen LogP contribution in [-0.2, 0) is 30.7 Å². The van der Waals surface area contributed by atoms with Crippen molar-refractivity contribution in [2.75, 3.05) is 39.5 Å². The summed E-state index contributed by atoms with van der Waals surface area (Å²) in [6, 6.07) is 5.40. The van der Waals surface area contributed by atoms with E-state index >= 15 is 0 Å². The van der Waals surface area contributed by atoms with Crippen LogP contribution >= 0.6 is 0 Å². The summed E-state index contributed by atoms with van der Waals surface area (Å²) in [4.78, 5) is 30.8.